The Bertz CT molecular complexity index is 862. The summed E-state index contributed by atoms with van der Waals surface area (Å²) in [6, 6.07) is 9.62. The number of benzene rings is 2. The van der Waals surface area contributed by atoms with Gasteiger partial charge in [0.25, 0.3) is 5.91 Å². The fraction of sp³-hybridized carbons (Fsp3) is 0.222. The molecule has 2 rings (SSSR count). The number of halogens is 5. The lowest BCUT2D eigenvalue weighted by Gasteiger charge is -2.35. The summed E-state index contributed by atoms with van der Waals surface area (Å²) in [7, 11) is 0. The van der Waals surface area contributed by atoms with Gasteiger partial charge in [0.05, 0.1) is 11.6 Å². The van der Waals surface area contributed by atoms with Crippen LogP contribution in [0.2, 0.25) is 5.02 Å². The summed E-state index contributed by atoms with van der Waals surface area (Å²) in [6.07, 6.45) is -5.31. The standard InChI is InChI=1S/C18H15ClF4N2O3/c1-2-28-16(27)17(18(21,22)23,24-12-8-9-14(20)13(19)10-12)25-15(26)11-6-4-3-5-7-11/h3-10,24H,2H2,1H3,(H,25,26)/t17-/m1/s1. The summed E-state index contributed by atoms with van der Waals surface area (Å²) in [4.78, 5) is 24.7. The molecule has 5 nitrogen and oxygen atoms in total. The Morgan fingerprint density at radius 1 is 1.11 bits per heavy atom. The van der Waals surface area contributed by atoms with Gasteiger partial charge in [0, 0.05) is 11.3 Å². The molecule has 0 aliphatic rings. The average Bonchev–Trinajstić information content (AvgIpc) is 2.64. The van der Waals surface area contributed by atoms with Crippen molar-refractivity contribution < 1.29 is 31.9 Å². The molecule has 0 unspecified atom stereocenters. The van der Waals surface area contributed by atoms with E-state index in [1.807, 2.05) is 5.32 Å². The van der Waals surface area contributed by atoms with E-state index in [2.05, 4.69) is 4.74 Å². The maximum Gasteiger partial charge on any atom is 0.441 e. The van der Waals surface area contributed by atoms with Crippen LogP contribution >= 0.6 is 11.6 Å². The number of alkyl halides is 3. The molecular weight excluding hydrogens is 404 g/mol. The summed E-state index contributed by atoms with van der Waals surface area (Å²) in [5.74, 6) is -3.83. The number of carbonyl (C=O) groups excluding carboxylic acids is 2. The summed E-state index contributed by atoms with van der Waals surface area (Å²) in [6.45, 7) is 0.941. The Morgan fingerprint density at radius 3 is 2.29 bits per heavy atom. The Kier molecular flexibility index (Phi) is 6.50. The van der Waals surface area contributed by atoms with Gasteiger partial charge in [0.15, 0.2) is 0 Å². The van der Waals surface area contributed by atoms with E-state index >= 15 is 0 Å². The largest absolute Gasteiger partial charge is 0.463 e. The van der Waals surface area contributed by atoms with Crippen LogP contribution in [0.25, 0.3) is 0 Å². The molecule has 10 heteroatoms. The first-order valence-corrected chi connectivity index (χ1v) is 8.33. The number of amides is 1. The molecule has 0 aromatic heterocycles. The number of anilines is 1. The molecule has 150 valence electrons. The van der Waals surface area contributed by atoms with E-state index in [1.165, 1.54) is 31.2 Å². The van der Waals surface area contributed by atoms with Crippen molar-refractivity contribution in [2.45, 2.75) is 18.8 Å². The highest BCUT2D eigenvalue weighted by molar-refractivity contribution is 6.31. The van der Waals surface area contributed by atoms with Crippen LogP contribution in [-0.2, 0) is 9.53 Å². The third-order valence-corrected chi connectivity index (χ3v) is 3.88. The Balaban J connectivity index is 2.52. The maximum absolute atomic E-state index is 14.0. The second kappa shape index (κ2) is 8.47. The molecule has 28 heavy (non-hydrogen) atoms. The molecule has 0 spiro atoms. The topological polar surface area (TPSA) is 67.4 Å². The highest BCUT2D eigenvalue weighted by atomic mass is 35.5. The number of hydrogen-bond acceptors (Lipinski definition) is 4. The van der Waals surface area contributed by atoms with Crippen LogP contribution in [0.15, 0.2) is 48.5 Å². The van der Waals surface area contributed by atoms with Crippen LogP contribution in [-0.4, -0.2) is 30.3 Å². The van der Waals surface area contributed by atoms with Gasteiger partial charge in [0.2, 0.25) is 0 Å². The van der Waals surface area contributed by atoms with E-state index in [4.69, 9.17) is 11.6 Å². The Hall–Kier alpha value is -2.81. The van der Waals surface area contributed by atoms with Crippen molar-refractivity contribution in [3.63, 3.8) is 0 Å². The van der Waals surface area contributed by atoms with Crippen LogP contribution in [0, 0.1) is 5.82 Å². The van der Waals surface area contributed by atoms with Gasteiger partial charge in [-0.25, -0.2) is 9.18 Å². The highest BCUT2D eigenvalue weighted by Gasteiger charge is 2.63. The van der Waals surface area contributed by atoms with Crippen molar-refractivity contribution in [3.05, 3.63) is 64.9 Å². The van der Waals surface area contributed by atoms with Gasteiger partial charge in [-0.05, 0) is 37.3 Å². The molecule has 1 atom stereocenters. The van der Waals surface area contributed by atoms with Gasteiger partial charge in [-0.3, -0.25) is 4.79 Å². The Labute approximate surface area is 162 Å². The van der Waals surface area contributed by atoms with E-state index in [1.54, 1.807) is 11.4 Å². The lowest BCUT2D eigenvalue weighted by atomic mass is 10.1. The number of hydrogen-bond donors (Lipinski definition) is 2. The van der Waals surface area contributed by atoms with Gasteiger partial charge in [-0.15, -0.1) is 0 Å². The molecule has 2 aromatic carbocycles. The van der Waals surface area contributed by atoms with Crippen molar-refractivity contribution in [1.82, 2.24) is 5.32 Å². The lowest BCUT2D eigenvalue weighted by Crippen LogP contribution is -2.69. The van der Waals surface area contributed by atoms with Crippen LogP contribution in [0.1, 0.15) is 17.3 Å². The molecule has 2 N–H and O–H groups in total. The van der Waals surface area contributed by atoms with Crippen molar-refractivity contribution in [2.75, 3.05) is 11.9 Å². The first-order chi connectivity index (χ1) is 13.1. The summed E-state index contributed by atoms with van der Waals surface area (Å²) in [5.41, 5.74) is -4.10. The summed E-state index contributed by atoms with van der Waals surface area (Å²) in [5, 5.41) is 3.10. The smallest absolute Gasteiger partial charge is 0.441 e. The van der Waals surface area contributed by atoms with Gasteiger partial charge in [-0.2, -0.15) is 13.2 Å². The second-order valence-electron chi connectivity index (χ2n) is 5.54. The van der Waals surface area contributed by atoms with Crippen LogP contribution in [0.5, 0.6) is 0 Å². The van der Waals surface area contributed by atoms with Crippen molar-refractivity contribution >= 4 is 29.2 Å². The molecule has 0 saturated carbocycles. The van der Waals surface area contributed by atoms with E-state index in [9.17, 15) is 27.2 Å². The van der Waals surface area contributed by atoms with Crippen LogP contribution < -0.4 is 10.6 Å². The minimum Gasteiger partial charge on any atom is -0.463 e. The Morgan fingerprint density at radius 2 is 1.75 bits per heavy atom. The summed E-state index contributed by atoms with van der Waals surface area (Å²) < 4.78 is 59.9. The number of carbonyl (C=O) groups is 2. The number of rotatable bonds is 6. The highest BCUT2D eigenvalue weighted by Crippen LogP contribution is 2.34. The third kappa shape index (κ3) is 4.53. The normalized spacial score (nSPS) is 13.4. The minimum atomic E-state index is -5.31. The summed E-state index contributed by atoms with van der Waals surface area (Å²) >= 11 is 5.60. The molecule has 0 heterocycles. The molecule has 0 saturated heterocycles. The second-order valence-corrected chi connectivity index (χ2v) is 5.95. The van der Waals surface area contributed by atoms with Crippen molar-refractivity contribution in [1.29, 1.82) is 0 Å². The van der Waals surface area contributed by atoms with Gasteiger partial charge in [-0.1, -0.05) is 29.8 Å². The molecule has 0 aliphatic heterocycles. The minimum absolute atomic E-state index is 0.112. The van der Waals surface area contributed by atoms with E-state index in [0.717, 1.165) is 18.2 Å². The number of esters is 1. The fourth-order valence-electron chi connectivity index (χ4n) is 2.25. The van der Waals surface area contributed by atoms with E-state index in [-0.39, 0.29) is 17.9 Å². The molecule has 1 amide bonds. The van der Waals surface area contributed by atoms with Crippen LogP contribution in [0.3, 0.4) is 0 Å². The van der Waals surface area contributed by atoms with Gasteiger partial charge in [0.1, 0.15) is 5.82 Å². The average molecular weight is 419 g/mol. The van der Waals surface area contributed by atoms with Gasteiger partial charge < -0.3 is 15.4 Å². The number of ether oxygens (including phenoxy) is 1. The molecule has 2 aromatic rings. The van der Waals surface area contributed by atoms with Gasteiger partial charge >= 0.3 is 17.8 Å². The zero-order chi connectivity index (χ0) is 20.9. The maximum atomic E-state index is 14.0. The molecule has 0 radical (unpaired) electrons. The lowest BCUT2D eigenvalue weighted by molar-refractivity contribution is -0.204. The quantitative estimate of drug-likeness (QED) is 0.420. The molecule has 0 bridgehead atoms. The SMILES string of the molecule is CCOC(=O)[C@](NC(=O)c1ccccc1)(Nc1ccc(F)c(Cl)c1)C(F)(F)F. The predicted octanol–water partition coefficient (Wildman–Crippen LogP) is 4.14. The third-order valence-electron chi connectivity index (χ3n) is 3.60. The van der Waals surface area contributed by atoms with Crippen molar-refractivity contribution in [3.8, 4) is 0 Å². The number of nitrogens with one attached hydrogen (secondary N) is 2. The first kappa shape index (κ1) is 21.5. The zero-order valence-corrected chi connectivity index (χ0v) is 15.2. The van der Waals surface area contributed by atoms with Crippen LogP contribution in [0.4, 0.5) is 23.2 Å². The monoisotopic (exact) mass is 418 g/mol. The van der Waals surface area contributed by atoms with Crippen molar-refractivity contribution in [2.24, 2.45) is 0 Å². The van der Waals surface area contributed by atoms with E-state index < -0.39 is 34.6 Å². The first-order valence-electron chi connectivity index (χ1n) is 7.95. The van der Waals surface area contributed by atoms with E-state index in [0.29, 0.717) is 0 Å². The molecular formula is C18H15ClF4N2O3. The zero-order valence-electron chi connectivity index (χ0n) is 14.4. The molecule has 0 aliphatic carbocycles. The predicted molar refractivity (Wildman–Crippen MR) is 94.4 cm³/mol. The fourth-order valence-corrected chi connectivity index (χ4v) is 2.43. The molecule has 0 fully saturated rings.